The monoisotopic (exact) mass is 374 g/mol. The summed E-state index contributed by atoms with van der Waals surface area (Å²) in [5.41, 5.74) is 8.39. The molecule has 2 unspecified atom stereocenters. The summed E-state index contributed by atoms with van der Waals surface area (Å²) in [7, 11) is 2.23. The predicted molar refractivity (Wildman–Crippen MR) is 115 cm³/mol. The Kier molecular flexibility index (Phi) is 3.18. The summed E-state index contributed by atoms with van der Waals surface area (Å²) in [5.74, 6) is 0. The normalized spacial score (nSPS) is 26.9. The van der Waals surface area contributed by atoms with E-state index in [4.69, 9.17) is 0 Å². The Hall–Kier alpha value is -2.29. The zero-order chi connectivity index (χ0) is 20.2. The molecule has 2 aliphatic rings. The lowest BCUT2D eigenvalue weighted by Crippen LogP contribution is -2.63. The summed E-state index contributed by atoms with van der Waals surface area (Å²) >= 11 is 0. The minimum absolute atomic E-state index is 0.0252. The number of pyridine rings is 1. The molecule has 0 fully saturated rings. The fraction of sp³-hybridized carbons (Fsp3) is 0.480. The van der Waals surface area contributed by atoms with Crippen molar-refractivity contribution in [1.29, 1.82) is 0 Å². The van der Waals surface area contributed by atoms with Crippen molar-refractivity contribution in [2.45, 2.75) is 65.5 Å². The van der Waals surface area contributed by atoms with Gasteiger partial charge >= 0.3 is 0 Å². The summed E-state index contributed by atoms with van der Waals surface area (Å²) < 4.78 is 4.84. The number of aromatic nitrogens is 2. The van der Waals surface area contributed by atoms with Gasteiger partial charge in [-0.1, -0.05) is 52.0 Å². The van der Waals surface area contributed by atoms with Gasteiger partial charge in [-0.05, 0) is 43.4 Å². The van der Waals surface area contributed by atoms with E-state index < -0.39 is 0 Å². The molecule has 2 aliphatic heterocycles. The minimum Gasteiger partial charge on any atom is -0.347 e. The molecule has 0 radical (unpaired) electrons. The van der Waals surface area contributed by atoms with Crippen molar-refractivity contribution >= 4 is 11.3 Å². The number of aryl methyl sites for hydroxylation is 2. The first-order valence-corrected chi connectivity index (χ1v) is 10.5. The summed E-state index contributed by atoms with van der Waals surface area (Å²) in [6.07, 6.45) is 2.24. The lowest BCUT2D eigenvalue weighted by Gasteiger charge is -2.61. The van der Waals surface area contributed by atoms with Gasteiger partial charge in [0, 0.05) is 17.2 Å². The maximum atomic E-state index is 2.73. The van der Waals surface area contributed by atoms with Crippen molar-refractivity contribution < 1.29 is 4.40 Å². The smallest absolute Gasteiger partial charge is 0.286 e. The highest BCUT2D eigenvalue weighted by Crippen LogP contribution is 2.66. The maximum absolute atomic E-state index is 2.73. The minimum atomic E-state index is -0.115. The topological polar surface area (TPSA) is 12.3 Å². The van der Waals surface area contributed by atoms with Gasteiger partial charge in [0.15, 0.2) is 11.4 Å². The molecule has 3 nitrogen and oxygen atoms in total. The van der Waals surface area contributed by atoms with Crippen LogP contribution in [0.3, 0.4) is 0 Å². The molecule has 3 aromatic rings. The lowest BCUT2D eigenvalue weighted by atomic mass is 9.52. The second kappa shape index (κ2) is 5.00. The van der Waals surface area contributed by atoms with Crippen LogP contribution >= 0.6 is 0 Å². The van der Waals surface area contributed by atoms with E-state index in [1.807, 2.05) is 0 Å². The molecule has 0 saturated carbocycles. The molecule has 0 spiro atoms. The Bertz CT molecular complexity index is 1130. The van der Waals surface area contributed by atoms with Crippen molar-refractivity contribution in [3.8, 4) is 0 Å². The molecule has 0 aliphatic carbocycles. The summed E-state index contributed by atoms with van der Waals surface area (Å²) in [6, 6.07) is 13.7. The van der Waals surface area contributed by atoms with Crippen LogP contribution in [0.15, 0.2) is 42.6 Å². The molecule has 4 heterocycles. The van der Waals surface area contributed by atoms with E-state index in [-0.39, 0.29) is 16.4 Å². The number of imidazole rings is 1. The Morgan fingerprint density at radius 2 is 1.68 bits per heavy atom. The number of nitrogens with zero attached hydrogens (tertiary/aromatic N) is 3. The molecule has 2 atom stereocenters. The van der Waals surface area contributed by atoms with Gasteiger partial charge in [0.1, 0.15) is 5.54 Å². The molecule has 0 bridgehead atoms. The number of anilines is 1. The van der Waals surface area contributed by atoms with Crippen LogP contribution in [-0.2, 0) is 18.0 Å². The van der Waals surface area contributed by atoms with E-state index in [1.165, 1.54) is 33.8 Å². The second-order valence-corrected chi connectivity index (χ2v) is 10.1. The molecule has 146 valence electrons. The van der Waals surface area contributed by atoms with E-state index in [0.717, 1.165) is 0 Å². The van der Waals surface area contributed by atoms with Gasteiger partial charge in [0.2, 0.25) is 0 Å². The fourth-order valence-corrected chi connectivity index (χ4v) is 6.33. The molecule has 0 saturated heterocycles. The molecule has 0 amide bonds. The lowest BCUT2D eigenvalue weighted by molar-refractivity contribution is -0.527. The van der Waals surface area contributed by atoms with Crippen LogP contribution in [0.25, 0.3) is 5.65 Å². The highest BCUT2D eigenvalue weighted by Gasteiger charge is 2.68. The number of para-hydroxylation sites is 1. The standard InChI is InChI=1S/C25H32N3/c1-16-12-11-13-18-20(16)28-17(2)21-22(25(28,7)24(5,6)23(18,3)4)27-15-10-9-14-19(27)26(21)8/h9-15,17H,1-8H3/q+1. The van der Waals surface area contributed by atoms with E-state index in [1.54, 1.807) is 0 Å². The van der Waals surface area contributed by atoms with E-state index in [0.29, 0.717) is 6.04 Å². The summed E-state index contributed by atoms with van der Waals surface area (Å²) in [4.78, 5) is 2.73. The van der Waals surface area contributed by atoms with Gasteiger partial charge in [-0.15, -0.1) is 0 Å². The van der Waals surface area contributed by atoms with Crippen LogP contribution < -0.4 is 9.30 Å². The number of rotatable bonds is 0. The molecule has 3 heteroatoms. The highest BCUT2D eigenvalue weighted by atomic mass is 15.3. The Balaban J connectivity index is 1.98. The van der Waals surface area contributed by atoms with Crippen LogP contribution in [-0.4, -0.2) is 4.57 Å². The molecule has 1 aromatic carbocycles. The van der Waals surface area contributed by atoms with Gasteiger partial charge in [-0.25, -0.2) is 4.57 Å². The number of hydrogen-bond donors (Lipinski definition) is 0. The SMILES string of the molecule is Cc1cccc2c1N1C(C)c3c([n+]4ccccc4n3C)C1(C)C(C)(C)C2(C)C. The van der Waals surface area contributed by atoms with Crippen molar-refractivity contribution in [2.75, 3.05) is 4.90 Å². The van der Waals surface area contributed by atoms with Crippen molar-refractivity contribution in [1.82, 2.24) is 4.57 Å². The average molecular weight is 375 g/mol. The quantitative estimate of drug-likeness (QED) is 0.494. The van der Waals surface area contributed by atoms with Gasteiger partial charge in [-0.3, -0.25) is 0 Å². The van der Waals surface area contributed by atoms with E-state index in [2.05, 4.69) is 112 Å². The average Bonchev–Trinajstić information content (AvgIpc) is 3.07. The summed E-state index contributed by atoms with van der Waals surface area (Å²) in [5, 5.41) is 0. The first-order chi connectivity index (χ1) is 13.1. The van der Waals surface area contributed by atoms with E-state index >= 15 is 0 Å². The maximum Gasteiger partial charge on any atom is 0.286 e. The number of hydrogen-bond acceptors (Lipinski definition) is 1. The van der Waals surface area contributed by atoms with Gasteiger partial charge in [0.05, 0.1) is 19.3 Å². The highest BCUT2D eigenvalue weighted by molar-refractivity contribution is 5.71. The van der Waals surface area contributed by atoms with Gasteiger partial charge in [0.25, 0.3) is 5.65 Å². The first-order valence-electron chi connectivity index (χ1n) is 10.5. The summed E-state index contributed by atoms with van der Waals surface area (Å²) in [6.45, 7) is 16.9. The van der Waals surface area contributed by atoms with Crippen LogP contribution in [0.4, 0.5) is 5.69 Å². The third-order valence-corrected chi connectivity index (χ3v) is 8.68. The Labute approximate surface area is 168 Å². The molecular formula is C25H32N3+. The molecular weight excluding hydrogens is 342 g/mol. The van der Waals surface area contributed by atoms with Gasteiger partial charge < -0.3 is 4.90 Å². The molecule has 5 rings (SSSR count). The van der Waals surface area contributed by atoms with Crippen LogP contribution in [0.2, 0.25) is 0 Å². The fourth-order valence-electron chi connectivity index (χ4n) is 6.33. The van der Waals surface area contributed by atoms with Crippen molar-refractivity contribution in [2.24, 2.45) is 12.5 Å². The largest absolute Gasteiger partial charge is 0.347 e. The van der Waals surface area contributed by atoms with E-state index in [9.17, 15) is 0 Å². The molecule has 0 N–H and O–H groups in total. The third kappa shape index (κ3) is 1.63. The van der Waals surface area contributed by atoms with Crippen molar-refractivity contribution in [3.05, 3.63) is 65.1 Å². The van der Waals surface area contributed by atoms with Crippen LogP contribution in [0, 0.1) is 12.3 Å². The van der Waals surface area contributed by atoms with Crippen molar-refractivity contribution in [3.63, 3.8) is 0 Å². The Morgan fingerprint density at radius 3 is 2.39 bits per heavy atom. The van der Waals surface area contributed by atoms with Crippen LogP contribution in [0.1, 0.15) is 70.1 Å². The Morgan fingerprint density at radius 1 is 0.964 bits per heavy atom. The first kappa shape index (κ1) is 17.8. The zero-order valence-electron chi connectivity index (χ0n) is 18.5. The molecule has 2 aromatic heterocycles. The predicted octanol–water partition coefficient (Wildman–Crippen LogP) is 5.19. The molecule has 28 heavy (non-hydrogen) atoms. The van der Waals surface area contributed by atoms with Crippen LogP contribution in [0.5, 0.6) is 0 Å². The number of fused-ring (bicyclic) bond motifs is 7. The van der Waals surface area contributed by atoms with Gasteiger partial charge in [-0.2, -0.15) is 4.40 Å². The number of benzene rings is 1. The third-order valence-electron chi connectivity index (χ3n) is 8.68. The second-order valence-electron chi connectivity index (χ2n) is 10.1. The zero-order valence-corrected chi connectivity index (χ0v) is 18.5.